The van der Waals surface area contributed by atoms with Crippen molar-refractivity contribution in [1.82, 2.24) is 0 Å². The zero-order chi connectivity index (χ0) is 27.2. The molecule has 35 heavy (non-hydrogen) atoms. The first-order valence-electron chi connectivity index (χ1n) is 10.6. The van der Waals surface area contributed by atoms with Gasteiger partial charge in [-0.3, -0.25) is 14.4 Å². The van der Waals surface area contributed by atoms with Crippen LogP contribution in [-0.2, 0) is 57.2 Å². The maximum absolute atomic E-state index is 12.5. The first-order chi connectivity index (χ1) is 16.3. The third kappa shape index (κ3) is 10.0. The lowest BCUT2D eigenvalue weighted by Gasteiger charge is -2.29. The van der Waals surface area contributed by atoms with Crippen LogP contribution in [0.25, 0.3) is 0 Å². The highest BCUT2D eigenvalue weighted by Crippen LogP contribution is 2.23. The van der Waals surface area contributed by atoms with Gasteiger partial charge in [-0.05, 0) is 27.7 Å². The highest BCUT2D eigenvalue weighted by molar-refractivity contribution is 5.97. The second-order valence-corrected chi connectivity index (χ2v) is 6.66. The average Bonchev–Trinajstić information content (AvgIpc) is 2.73. The summed E-state index contributed by atoms with van der Waals surface area (Å²) in [5.41, 5.74) is 5.55. The van der Waals surface area contributed by atoms with Crippen molar-refractivity contribution in [3.05, 3.63) is 0 Å². The SMILES string of the molecule is CCOC(CC(=O)O)(OCC)C(=O)OC(=O)CC(N)C(=O)OC(=O)C(CC(=O)O)(OCC)OCC. The molecule has 0 aliphatic rings. The Labute approximate surface area is 200 Å². The summed E-state index contributed by atoms with van der Waals surface area (Å²) in [5, 5.41) is 18.1. The molecule has 15 heteroatoms. The molecule has 1 unspecified atom stereocenters. The molecular weight excluding hydrogens is 478 g/mol. The molecule has 0 aromatic rings. The van der Waals surface area contributed by atoms with E-state index in [0.717, 1.165) is 0 Å². The molecule has 0 saturated heterocycles. The molecule has 0 heterocycles. The van der Waals surface area contributed by atoms with Gasteiger partial charge in [0, 0.05) is 26.4 Å². The molecule has 0 spiro atoms. The Balaban J connectivity index is 5.39. The van der Waals surface area contributed by atoms with Crippen molar-refractivity contribution >= 4 is 35.8 Å². The van der Waals surface area contributed by atoms with Gasteiger partial charge < -0.3 is 44.4 Å². The molecule has 200 valence electrons. The van der Waals surface area contributed by atoms with Crippen molar-refractivity contribution in [3.63, 3.8) is 0 Å². The lowest BCUT2D eigenvalue weighted by molar-refractivity contribution is -0.248. The predicted molar refractivity (Wildman–Crippen MR) is 111 cm³/mol. The molecule has 1 atom stereocenters. The predicted octanol–water partition coefficient (Wildman–Crippen LogP) is -0.669. The van der Waals surface area contributed by atoms with E-state index in [4.69, 9.17) is 34.9 Å². The van der Waals surface area contributed by atoms with E-state index in [9.17, 15) is 28.8 Å². The van der Waals surface area contributed by atoms with Crippen molar-refractivity contribution in [2.75, 3.05) is 26.4 Å². The zero-order valence-electron chi connectivity index (χ0n) is 19.9. The summed E-state index contributed by atoms with van der Waals surface area (Å²) in [6.07, 6.45) is -2.95. The summed E-state index contributed by atoms with van der Waals surface area (Å²) < 4.78 is 29.5. The summed E-state index contributed by atoms with van der Waals surface area (Å²) >= 11 is 0. The quantitative estimate of drug-likeness (QED) is 0.126. The van der Waals surface area contributed by atoms with Crippen LogP contribution in [0.2, 0.25) is 0 Å². The number of carboxylic acids is 2. The van der Waals surface area contributed by atoms with E-state index in [1.165, 1.54) is 27.7 Å². The van der Waals surface area contributed by atoms with Crippen LogP contribution in [0.3, 0.4) is 0 Å². The molecule has 0 aromatic carbocycles. The van der Waals surface area contributed by atoms with Gasteiger partial charge in [0.15, 0.2) is 0 Å². The molecule has 0 fully saturated rings. The maximum Gasteiger partial charge on any atom is 0.375 e. The topological polar surface area (TPSA) is 224 Å². The number of ether oxygens (including phenoxy) is 6. The van der Waals surface area contributed by atoms with E-state index in [2.05, 4.69) is 9.47 Å². The molecule has 0 rings (SSSR count). The Kier molecular flexibility index (Phi) is 13.8. The van der Waals surface area contributed by atoms with Crippen LogP contribution in [0.5, 0.6) is 0 Å². The molecule has 0 bridgehead atoms. The minimum Gasteiger partial charge on any atom is -0.481 e. The largest absolute Gasteiger partial charge is 0.481 e. The molecule has 0 radical (unpaired) electrons. The van der Waals surface area contributed by atoms with E-state index < -0.39 is 72.7 Å². The zero-order valence-corrected chi connectivity index (χ0v) is 19.9. The van der Waals surface area contributed by atoms with Gasteiger partial charge in [0.1, 0.15) is 18.9 Å². The number of hydrogen-bond donors (Lipinski definition) is 3. The number of carbonyl (C=O) groups is 6. The lowest BCUT2D eigenvalue weighted by Crippen LogP contribution is -2.50. The summed E-state index contributed by atoms with van der Waals surface area (Å²) in [6, 6.07) is -1.84. The van der Waals surface area contributed by atoms with Crippen LogP contribution in [0.1, 0.15) is 47.0 Å². The summed E-state index contributed by atoms with van der Waals surface area (Å²) in [4.78, 5) is 71.6. The Morgan fingerprint density at radius 2 is 1.03 bits per heavy atom. The van der Waals surface area contributed by atoms with Gasteiger partial charge in [0.2, 0.25) is 0 Å². The molecule has 0 amide bonds. The van der Waals surface area contributed by atoms with Crippen molar-refractivity contribution in [2.45, 2.75) is 64.6 Å². The highest BCUT2D eigenvalue weighted by atomic mass is 16.7. The van der Waals surface area contributed by atoms with E-state index >= 15 is 0 Å². The number of aliphatic carboxylic acids is 2. The smallest absolute Gasteiger partial charge is 0.375 e. The fourth-order valence-corrected chi connectivity index (χ4v) is 2.73. The second-order valence-electron chi connectivity index (χ2n) is 6.66. The van der Waals surface area contributed by atoms with E-state index in [0.29, 0.717) is 0 Å². The van der Waals surface area contributed by atoms with E-state index in [1.54, 1.807) is 0 Å². The Hall–Kier alpha value is -2.98. The minimum atomic E-state index is -2.44. The van der Waals surface area contributed by atoms with Crippen molar-refractivity contribution in [1.29, 1.82) is 0 Å². The number of rotatable bonds is 17. The third-order valence-corrected chi connectivity index (χ3v) is 3.99. The van der Waals surface area contributed by atoms with Gasteiger partial charge in [-0.1, -0.05) is 0 Å². The summed E-state index contributed by atoms with van der Waals surface area (Å²) in [5.74, 6) is -13.7. The Bertz CT molecular complexity index is 768. The van der Waals surface area contributed by atoms with Crippen LogP contribution < -0.4 is 5.73 Å². The monoisotopic (exact) mass is 509 g/mol. The first-order valence-corrected chi connectivity index (χ1v) is 10.6. The fraction of sp³-hybridized carbons (Fsp3) is 0.700. The van der Waals surface area contributed by atoms with E-state index in [-0.39, 0.29) is 26.4 Å². The molecule has 15 nitrogen and oxygen atoms in total. The number of esters is 4. The van der Waals surface area contributed by atoms with Gasteiger partial charge in [-0.15, -0.1) is 0 Å². The van der Waals surface area contributed by atoms with Gasteiger partial charge in [-0.25, -0.2) is 14.4 Å². The number of carbonyl (C=O) groups excluding carboxylic acids is 4. The van der Waals surface area contributed by atoms with Crippen molar-refractivity contribution in [3.8, 4) is 0 Å². The van der Waals surface area contributed by atoms with Crippen LogP contribution in [0, 0.1) is 0 Å². The van der Waals surface area contributed by atoms with Crippen LogP contribution in [0.15, 0.2) is 0 Å². The molecule has 0 aliphatic heterocycles. The highest BCUT2D eigenvalue weighted by Gasteiger charge is 2.48. The molecular formula is C20H31NO14. The molecule has 4 N–H and O–H groups in total. The standard InChI is InChI=1S/C20H31NO14/c1-5-30-19(31-6-2,10-13(22)23)17(28)34-15(26)9-12(21)16(27)35-18(29)20(32-7-3,33-8-4)11-14(24)25/h12H,5-11,21H2,1-4H3,(H,22,23)(H,24,25). The first kappa shape index (κ1) is 32.0. The normalized spacial score (nSPS) is 12.5. The third-order valence-electron chi connectivity index (χ3n) is 3.99. The number of hydrogen-bond acceptors (Lipinski definition) is 13. The van der Waals surface area contributed by atoms with Gasteiger partial charge in [0.25, 0.3) is 11.6 Å². The molecule has 0 aromatic heterocycles. The van der Waals surface area contributed by atoms with Crippen molar-refractivity contribution < 1.29 is 67.4 Å². The maximum atomic E-state index is 12.5. The fourth-order valence-electron chi connectivity index (χ4n) is 2.73. The number of nitrogens with two attached hydrogens (primary N) is 1. The van der Waals surface area contributed by atoms with Crippen LogP contribution in [-0.4, -0.2) is 90.1 Å². The van der Waals surface area contributed by atoms with Gasteiger partial charge in [-0.2, -0.15) is 0 Å². The Morgan fingerprint density at radius 1 is 0.686 bits per heavy atom. The average molecular weight is 509 g/mol. The second kappa shape index (κ2) is 15.1. The Morgan fingerprint density at radius 3 is 1.34 bits per heavy atom. The molecule has 0 aliphatic carbocycles. The van der Waals surface area contributed by atoms with Gasteiger partial charge >= 0.3 is 35.8 Å². The lowest BCUT2D eigenvalue weighted by atomic mass is 10.1. The minimum absolute atomic E-state index is 0.164. The van der Waals surface area contributed by atoms with Crippen LogP contribution >= 0.6 is 0 Å². The van der Waals surface area contributed by atoms with E-state index in [1.807, 2.05) is 0 Å². The molecule has 0 saturated carbocycles. The van der Waals surface area contributed by atoms with Crippen LogP contribution in [0.4, 0.5) is 0 Å². The van der Waals surface area contributed by atoms with Crippen molar-refractivity contribution in [2.24, 2.45) is 5.73 Å². The number of carboxylic acid groups (broad SMARTS) is 2. The summed E-state index contributed by atoms with van der Waals surface area (Å²) in [6.45, 7) is 5.11. The summed E-state index contributed by atoms with van der Waals surface area (Å²) in [7, 11) is 0. The van der Waals surface area contributed by atoms with Gasteiger partial charge in [0.05, 0.1) is 6.42 Å².